The molecule has 3 unspecified atom stereocenters. The fourth-order valence-electron chi connectivity index (χ4n) is 6.15. The molecule has 34 heavy (non-hydrogen) atoms. The Morgan fingerprint density at radius 3 is 2.53 bits per heavy atom. The standard InChI is InChI=1S/C25H30ClFN4O3/c1-24(2)16-9-10-25(27,18(24)13-16)22-28-20-19(31(22)14-15-5-7-17(26)8-6-15)21(33)30(11-4-12-32)23(34)29(20)3/h5-8,16,18,32H,4,9-14H2,1-3H3. The quantitative estimate of drug-likeness (QED) is 0.574. The summed E-state index contributed by atoms with van der Waals surface area (Å²) in [7, 11) is 1.55. The van der Waals surface area contributed by atoms with Gasteiger partial charge in [-0.3, -0.25) is 13.9 Å². The highest BCUT2D eigenvalue weighted by Gasteiger charge is 2.64. The van der Waals surface area contributed by atoms with Crippen LogP contribution in [0.15, 0.2) is 33.9 Å². The van der Waals surface area contributed by atoms with Gasteiger partial charge in [-0.05, 0) is 54.7 Å². The van der Waals surface area contributed by atoms with Crippen molar-refractivity contribution in [1.82, 2.24) is 18.7 Å². The summed E-state index contributed by atoms with van der Waals surface area (Å²) in [5, 5.41) is 9.84. The number of alkyl halides is 1. The molecule has 7 nitrogen and oxygen atoms in total. The number of halogens is 2. The lowest BCUT2D eigenvalue weighted by Gasteiger charge is -2.61. The molecule has 2 bridgehead atoms. The zero-order valence-electron chi connectivity index (χ0n) is 19.7. The van der Waals surface area contributed by atoms with Gasteiger partial charge in [-0.15, -0.1) is 0 Å². The number of hydrogen-bond donors (Lipinski definition) is 1. The van der Waals surface area contributed by atoms with Crippen LogP contribution in [0.3, 0.4) is 0 Å². The Balaban J connectivity index is 1.77. The first-order valence-corrected chi connectivity index (χ1v) is 12.2. The molecule has 3 aliphatic carbocycles. The first kappa shape index (κ1) is 23.3. The lowest BCUT2D eigenvalue weighted by Crippen LogP contribution is -2.58. The van der Waals surface area contributed by atoms with Crippen LogP contribution in [0, 0.1) is 17.3 Å². The molecule has 3 aliphatic rings. The van der Waals surface area contributed by atoms with Crippen LogP contribution < -0.4 is 11.2 Å². The monoisotopic (exact) mass is 488 g/mol. The minimum absolute atomic E-state index is 0.0809. The molecule has 0 aliphatic heterocycles. The molecule has 2 heterocycles. The largest absolute Gasteiger partial charge is 0.396 e. The molecule has 9 heteroatoms. The van der Waals surface area contributed by atoms with Gasteiger partial charge in [0, 0.05) is 37.7 Å². The highest BCUT2D eigenvalue weighted by atomic mass is 35.5. The number of nitrogens with zero attached hydrogens (tertiary/aromatic N) is 4. The molecule has 3 fully saturated rings. The average molecular weight is 489 g/mol. The van der Waals surface area contributed by atoms with Crippen LogP contribution in [0.2, 0.25) is 5.02 Å². The van der Waals surface area contributed by atoms with Crippen LogP contribution in [0.25, 0.3) is 11.2 Å². The summed E-state index contributed by atoms with van der Waals surface area (Å²) in [4.78, 5) is 31.2. The van der Waals surface area contributed by atoms with Crippen LogP contribution in [0.1, 0.15) is 50.9 Å². The Morgan fingerprint density at radius 2 is 1.91 bits per heavy atom. The van der Waals surface area contributed by atoms with Gasteiger partial charge in [0.15, 0.2) is 16.8 Å². The molecule has 0 saturated heterocycles. The second kappa shape index (κ2) is 8.05. The third-order valence-corrected chi connectivity index (χ3v) is 8.53. The van der Waals surface area contributed by atoms with Crippen LogP contribution in [0.5, 0.6) is 0 Å². The molecule has 6 rings (SSSR count). The van der Waals surface area contributed by atoms with Crippen LogP contribution in [-0.4, -0.2) is 30.4 Å². The van der Waals surface area contributed by atoms with Crippen molar-refractivity contribution >= 4 is 22.8 Å². The Bertz CT molecular complexity index is 1370. The Hall–Kier alpha value is -2.45. The predicted molar refractivity (Wildman–Crippen MR) is 129 cm³/mol. The SMILES string of the molecule is Cn1c(=O)n(CCCO)c(=O)c2c1nc(C1(F)CCC3CC1C3(C)C)n2Cc1ccc(Cl)cc1. The van der Waals surface area contributed by atoms with E-state index in [0.717, 1.165) is 23.0 Å². The van der Waals surface area contributed by atoms with Crippen molar-refractivity contribution in [2.45, 2.75) is 58.3 Å². The van der Waals surface area contributed by atoms with Crippen molar-refractivity contribution in [2.75, 3.05) is 6.61 Å². The number of fused-ring (bicyclic) bond motifs is 3. The summed E-state index contributed by atoms with van der Waals surface area (Å²) in [5.41, 5.74) is -1.62. The van der Waals surface area contributed by atoms with E-state index in [0.29, 0.717) is 17.4 Å². The highest BCUT2D eigenvalue weighted by molar-refractivity contribution is 6.30. The lowest BCUT2D eigenvalue weighted by atomic mass is 9.44. The van der Waals surface area contributed by atoms with Crippen molar-refractivity contribution < 1.29 is 9.50 Å². The van der Waals surface area contributed by atoms with E-state index >= 15 is 4.39 Å². The molecule has 0 spiro atoms. The number of rotatable bonds is 6. The summed E-state index contributed by atoms with van der Waals surface area (Å²) in [6.45, 7) is 4.40. The van der Waals surface area contributed by atoms with Crippen molar-refractivity contribution in [3.8, 4) is 0 Å². The van der Waals surface area contributed by atoms with E-state index in [1.807, 2.05) is 12.1 Å². The Morgan fingerprint density at radius 1 is 1.21 bits per heavy atom. The zero-order chi connectivity index (χ0) is 24.4. The van der Waals surface area contributed by atoms with Crippen molar-refractivity contribution in [3.05, 3.63) is 61.5 Å². The minimum Gasteiger partial charge on any atom is -0.396 e. The van der Waals surface area contributed by atoms with Crippen LogP contribution in [0.4, 0.5) is 4.39 Å². The van der Waals surface area contributed by atoms with Gasteiger partial charge in [0.2, 0.25) is 0 Å². The van der Waals surface area contributed by atoms with Gasteiger partial charge in [-0.25, -0.2) is 14.2 Å². The number of aromatic nitrogens is 4. The number of aliphatic hydroxyl groups excluding tert-OH is 1. The van der Waals surface area contributed by atoms with E-state index in [1.165, 1.54) is 4.57 Å². The smallest absolute Gasteiger partial charge is 0.332 e. The first-order chi connectivity index (χ1) is 16.1. The topological polar surface area (TPSA) is 82.0 Å². The third-order valence-electron chi connectivity index (χ3n) is 8.28. The van der Waals surface area contributed by atoms with Gasteiger partial charge in [-0.1, -0.05) is 37.6 Å². The van der Waals surface area contributed by atoms with E-state index in [9.17, 15) is 14.7 Å². The summed E-state index contributed by atoms with van der Waals surface area (Å²) >= 11 is 6.06. The maximum Gasteiger partial charge on any atom is 0.332 e. The van der Waals surface area contributed by atoms with Gasteiger partial charge in [-0.2, -0.15) is 0 Å². The van der Waals surface area contributed by atoms with Crippen molar-refractivity contribution in [3.63, 3.8) is 0 Å². The maximum absolute atomic E-state index is 17.0. The molecule has 3 aromatic rings. The van der Waals surface area contributed by atoms with E-state index in [1.54, 1.807) is 23.7 Å². The van der Waals surface area contributed by atoms with E-state index in [4.69, 9.17) is 11.6 Å². The van der Waals surface area contributed by atoms with E-state index < -0.39 is 16.9 Å². The minimum atomic E-state index is -1.69. The molecule has 0 amide bonds. The van der Waals surface area contributed by atoms with Crippen LogP contribution in [-0.2, 0) is 25.8 Å². The average Bonchev–Trinajstić information content (AvgIpc) is 3.19. The number of aryl methyl sites for hydroxylation is 1. The normalized spacial score (nSPS) is 25.5. The summed E-state index contributed by atoms with van der Waals surface area (Å²) in [5.74, 6) is 0.518. The number of imidazole rings is 1. The van der Waals surface area contributed by atoms with Crippen molar-refractivity contribution in [1.29, 1.82) is 0 Å². The second-order valence-electron chi connectivity index (χ2n) is 10.4. The number of benzene rings is 1. The van der Waals surface area contributed by atoms with Gasteiger partial charge in [0.25, 0.3) is 5.56 Å². The Labute approximate surface area is 201 Å². The second-order valence-corrected chi connectivity index (χ2v) is 10.8. The lowest BCUT2D eigenvalue weighted by molar-refractivity contribution is -0.175. The molecular formula is C25H30ClFN4O3. The maximum atomic E-state index is 17.0. The summed E-state index contributed by atoms with van der Waals surface area (Å²) < 4.78 is 21.1. The molecule has 3 saturated carbocycles. The van der Waals surface area contributed by atoms with Crippen LogP contribution >= 0.6 is 11.6 Å². The van der Waals surface area contributed by atoms with E-state index in [2.05, 4.69) is 18.8 Å². The predicted octanol–water partition coefficient (Wildman–Crippen LogP) is 3.60. The summed E-state index contributed by atoms with van der Waals surface area (Å²) in [6.07, 6.45) is 2.18. The molecule has 2 aromatic heterocycles. The molecule has 1 aromatic carbocycles. The van der Waals surface area contributed by atoms with Crippen molar-refractivity contribution in [2.24, 2.45) is 24.3 Å². The molecule has 3 atom stereocenters. The summed E-state index contributed by atoms with van der Waals surface area (Å²) in [6, 6.07) is 7.21. The highest BCUT2D eigenvalue weighted by Crippen LogP contribution is 2.66. The molecule has 0 radical (unpaired) electrons. The Kier molecular flexibility index (Phi) is 5.52. The number of hydrogen-bond acceptors (Lipinski definition) is 4. The van der Waals surface area contributed by atoms with Gasteiger partial charge < -0.3 is 9.67 Å². The zero-order valence-corrected chi connectivity index (χ0v) is 20.5. The van der Waals surface area contributed by atoms with E-state index in [-0.39, 0.29) is 54.4 Å². The third kappa shape index (κ3) is 3.29. The van der Waals surface area contributed by atoms with Gasteiger partial charge >= 0.3 is 5.69 Å². The molecule has 1 N–H and O–H groups in total. The number of aliphatic hydroxyl groups is 1. The fraction of sp³-hybridized carbons (Fsp3) is 0.560. The van der Waals surface area contributed by atoms with Gasteiger partial charge in [0.1, 0.15) is 5.82 Å². The van der Waals surface area contributed by atoms with Gasteiger partial charge in [0.05, 0.1) is 0 Å². The molecule has 182 valence electrons. The first-order valence-electron chi connectivity index (χ1n) is 11.8. The fourth-order valence-corrected chi connectivity index (χ4v) is 6.28. The molecular weight excluding hydrogens is 459 g/mol.